The highest BCUT2D eigenvalue weighted by atomic mass is 32.1. The lowest BCUT2D eigenvalue weighted by molar-refractivity contribution is -0.148. The molecule has 1 aromatic carbocycles. The topological polar surface area (TPSA) is 71.0 Å². The third-order valence-electron chi connectivity index (χ3n) is 6.98. The number of aliphatic hydroxyl groups is 1. The van der Waals surface area contributed by atoms with Crippen molar-refractivity contribution < 1.29 is 36.9 Å². The Morgan fingerprint density at radius 2 is 1.87 bits per heavy atom. The van der Waals surface area contributed by atoms with Crippen LogP contribution in [0.15, 0.2) is 59.6 Å². The van der Waals surface area contributed by atoms with Crippen LogP contribution in [0.4, 0.5) is 17.6 Å². The van der Waals surface area contributed by atoms with E-state index in [1.807, 2.05) is 4.90 Å². The highest BCUT2D eigenvalue weighted by Gasteiger charge is 2.45. The number of benzene rings is 1. The minimum absolute atomic E-state index is 0.0634. The number of aliphatic hydroxyl groups excluding tert-OH is 1. The summed E-state index contributed by atoms with van der Waals surface area (Å²) in [4.78, 5) is 14.9. The van der Waals surface area contributed by atoms with Crippen molar-refractivity contribution in [1.29, 1.82) is 0 Å². The third-order valence-corrected chi connectivity index (χ3v) is 8.19. The number of thiophene rings is 1. The number of allylic oxidation sites excluding steroid dienone is 2. The van der Waals surface area contributed by atoms with Crippen molar-refractivity contribution in [3.8, 4) is 10.4 Å². The summed E-state index contributed by atoms with van der Waals surface area (Å²) in [5.74, 6) is -6.50. The summed E-state index contributed by atoms with van der Waals surface area (Å²) in [6.45, 7) is 2.04. The van der Waals surface area contributed by atoms with Crippen molar-refractivity contribution in [2.75, 3.05) is 32.8 Å². The molecule has 11 heteroatoms. The first-order valence-electron chi connectivity index (χ1n) is 12.5. The fourth-order valence-electron chi connectivity index (χ4n) is 4.97. The van der Waals surface area contributed by atoms with E-state index in [1.165, 1.54) is 36.4 Å². The number of likely N-dealkylation sites (tertiary alicyclic amines) is 1. The molecular weight excluding hydrogens is 524 g/mol. The van der Waals surface area contributed by atoms with E-state index in [2.05, 4.69) is 5.32 Å². The Morgan fingerprint density at radius 3 is 2.61 bits per heavy atom. The number of fused-ring (bicyclic) bond motifs is 1. The molecular formula is C27H28F4N2O4S. The standard InChI is InChI=1S/C27H28F4N2O4S/c28-18-5-3-16(4-6-18)22-7-8-23(38-22)27(30,31)26(35)32-20(15-33-9-1-2-10-33)24(34)17-13-19(29)25-21(14-17)36-11-12-37-25/h3-8,13,20-21,24,34H,1-2,9-12,14-15H2,(H,32,35)/t20-,21?,24-/m1/s1. The van der Waals surface area contributed by atoms with Crippen LogP contribution in [0.25, 0.3) is 10.4 Å². The minimum atomic E-state index is -3.88. The maximum atomic E-state index is 15.3. The van der Waals surface area contributed by atoms with Gasteiger partial charge in [-0.1, -0.05) is 12.1 Å². The van der Waals surface area contributed by atoms with Crippen molar-refractivity contribution >= 4 is 17.2 Å². The largest absolute Gasteiger partial charge is 0.490 e. The summed E-state index contributed by atoms with van der Waals surface area (Å²) >= 11 is 0.733. The van der Waals surface area contributed by atoms with Gasteiger partial charge < -0.3 is 24.8 Å². The zero-order valence-electron chi connectivity index (χ0n) is 20.5. The predicted octanol–water partition coefficient (Wildman–Crippen LogP) is 4.51. The zero-order chi connectivity index (χ0) is 26.9. The molecule has 0 radical (unpaired) electrons. The summed E-state index contributed by atoms with van der Waals surface area (Å²) in [5.41, 5.74) is 0.790. The highest BCUT2D eigenvalue weighted by molar-refractivity contribution is 7.15. The average Bonchev–Trinajstić information content (AvgIpc) is 3.61. The summed E-state index contributed by atoms with van der Waals surface area (Å²) < 4.78 is 69.5. The van der Waals surface area contributed by atoms with Gasteiger partial charge in [-0.3, -0.25) is 4.79 Å². The first kappa shape index (κ1) is 26.9. The van der Waals surface area contributed by atoms with E-state index < -0.39 is 46.6 Å². The van der Waals surface area contributed by atoms with E-state index in [4.69, 9.17) is 9.47 Å². The van der Waals surface area contributed by atoms with Gasteiger partial charge in [0.05, 0.1) is 23.6 Å². The molecule has 3 atom stereocenters. The molecule has 1 unspecified atom stereocenters. The van der Waals surface area contributed by atoms with Crippen LogP contribution >= 0.6 is 11.3 Å². The quantitative estimate of drug-likeness (QED) is 0.472. The summed E-state index contributed by atoms with van der Waals surface area (Å²) in [5, 5.41) is 13.5. The zero-order valence-corrected chi connectivity index (χ0v) is 21.3. The number of alkyl halides is 2. The van der Waals surface area contributed by atoms with E-state index in [9.17, 15) is 18.7 Å². The van der Waals surface area contributed by atoms with Crippen LogP contribution in [0.1, 0.15) is 24.1 Å². The molecule has 0 bridgehead atoms. The molecule has 1 aromatic heterocycles. The van der Waals surface area contributed by atoms with Gasteiger partial charge in [0.2, 0.25) is 0 Å². The number of nitrogens with one attached hydrogen (secondary N) is 1. The van der Waals surface area contributed by atoms with Crippen LogP contribution in [0, 0.1) is 5.82 Å². The Balaban J connectivity index is 1.35. The smallest absolute Gasteiger partial charge is 0.358 e. The van der Waals surface area contributed by atoms with E-state index >= 15 is 8.78 Å². The maximum absolute atomic E-state index is 15.3. The molecule has 1 amide bonds. The Kier molecular flexibility index (Phi) is 7.90. The monoisotopic (exact) mass is 552 g/mol. The molecule has 204 valence electrons. The second-order valence-corrected chi connectivity index (χ2v) is 10.7. The first-order chi connectivity index (χ1) is 18.2. The van der Waals surface area contributed by atoms with Crippen LogP contribution in [0.2, 0.25) is 0 Å². The van der Waals surface area contributed by atoms with E-state index in [-0.39, 0.29) is 37.5 Å². The number of carbonyl (C=O) groups is 1. The minimum Gasteiger partial charge on any atom is -0.490 e. The van der Waals surface area contributed by atoms with Gasteiger partial charge in [0.25, 0.3) is 5.91 Å². The summed E-state index contributed by atoms with van der Waals surface area (Å²) in [7, 11) is 0. The van der Waals surface area contributed by atoms with Crippen LogP contribution in [-0.2, 0) is 20.2 Å². The molecule has 0 saturated carbocycles. The van der Waals surface area contributed by atoms with Gasteiger partial charge in [-0.15, -0.1) is 11.3 Å². The fourth-order valence-corrected chi connectivity index (χ4v) is 5.95. The van der Waals surface area contributed by atoms with Crippen LogP contribution in [0.3, 0.4) is 0 Å². The van der Waals surface area contributed by atoms with Gasteiger partial charge in [-0.2, -0.15) is 8.78 Å². The molecule has 2 saturated heterocycles. The van der Waals surface area contributed by atoms with E-state index in [0.717, 1.165) is 30.3 Å². The average molecular weight is 553 g/mol. The van der Waals surface area contributed by atoms with Gasteiger partial charge >= 0.3 is 5.92 Å². The van der Waals surface area contributed by atoms with Crippen molar-refractivity contribution in [1.82, 2.24) is 10.2 Å². The molecule has 2 N–H and O–H groups in total. The molecule has 2 aromatic rings. The molecule has 1 aliphatic carbocycles. The van der Waals surface area contributed by atoms with Crippen molar-refractivity contribution in [3.05, 3.63) is 70.3 Å². The molecule has 3 heterocycles. The number of nitrogens with zero attached hydrogens (tertiary/aromatic N) is 1. The van der Waals surface area contributed by atoms with Crippen molar-refractivity contribution in [2.45, 2.75) is 43.4 Å². The lowest BCUT2D eigenvalue weighted by atomic mass is 9.91. The predicted molar refractivity (Wildman–Crippen MR) is 134 cm³/mol. The molecule has 0 spiro atoms. The fraction of sp³-hybridized carbons (Fsp3) is 0.444. The number of amides is 1. The lowest BCUT2D eigenvalue weighted by Crippen LogP contribution is -2.54. The number of halogens is 4. The number of hydrogen-bond donors (Lipinski definition) is 2. The van der Waals surface area contributed by atoms with Gasteiger partial charge in [0, 0.05) is 17.8 Å². The molecule has 3 aliphatic rings. The Morgan fingerprint density at radius 1 is 1.13 bits per heavy atom. The third kappa shape index (κ3) is 5.66. The van der Waals surface area contributed by atoms with Crippen molar-refractivity contribution in [2.24, 2.45) is 0 Å². The SMILES string of the molecule is O=C(N[C@H](CN1CCCC1)[C@H](O)C1=CC(F)=C2OCCOC2C1)C(F)(F)c1ccc(-c2ccc(F)cc2)s1. The number of ether oxygens (including phenoxy) is 2. The van der Waals surface area contributed by atoms with Gasteiger partial charge in [-0.25, -0.2) is 8.78 Å². The lowest BCUT2D eigenvalue weighted by Gasteiger charge is -2.35. The van der Waals surface area contributed by atoms with Crippen LogP contribution in [0.5, 0.6) is 0 Å². The summed E-state index contributed by atoms with van der Waals surface area (Å²) in [6.07, 6.45) is 0.986. The first-order valence-corrected chi connectivity index (χ1v) is 13.3. The normalized spacial score (nSPS) is 21.9. The molecule has 2 aliphatic heterocycles. The van der Waals surface area contributed by atoms with Crippen LogP contribution < -0.4 is 5.32 Å². The van der Waals surface area contributed by atoms with Gasteiger partial charge in [0.1, 0.15) is 18.5 Å². The number of carbonyl (C=O) groups excluding carboxylic acids is 1. The molecule has 6 nitrogen and oxygen atoms in total. The molecule has 38 heavy (non-hydrogen) atoms. The van der Waals surface area contributed by atoms with Gasteiger partial charge in [0.15, 0.2) is 11.6 Å². The molecule has 2 fully saturated rings. The van der Waals surface area contributed by atoms with E-state index in [0.29, 0.717) is 23.5 Å². The Bertz CT molecular complexity index is 1220. The summed E-state index contributed by atoms with van der Waals surface area (Å²) in [6, 6.07) is 6.93. The number of rotatable bonds is 8. The van der Waals surface area contributed by atoms with E-state index in [1.54, 1.807) is 0 Å². The maximum Gasteiger partial charge on any atom is 0.358 e. The second kappa shape index (κ2) is 11.2. The Hall–Kier alpha value is -2.73. The molecule has 5 rings (SSSR count). The number of hydrogen-bond acceptors (Lipinski definition) is 6. The second-order valence-electron chi connectivity index (χ2n) is 9.62. The highest BCUT2D eigenvalue weighted by Crippen LogP contribution is 2.38. The van der Waals surface area contributed by atoms with Crippen LogP contribution in [-0.4, -0.2) is 67.0 Å². The van der Waals surface area contributed by atoms with Gasteiger partial charge in [-0.05, 0) is 67.4 Å². The van der Waals surface area contributed by atoms with Crippen molar-refractivity contribution in [3.63, 3.8) is 0 Å². The Labute approximate surface area is 221 Å².